The number of benzene rings is 1. The topological polar surface area (TPSA) is 124 Å². The Kier molecular flexibility index (Phi) is 5.50. The van der Waals surface area contributed by atoms with Gasteiger partial charge in [-0.25, -0.2) is 18.7 Å². The highest BCUT2D eigenvalue weighted by atomic mass is 32.1. The number of nitrogens with two attached hydrogens (primary N) is 1. The maximum atomic E-state index is 16.4. The molecule has 3 aromatic heterocycles. The molecule has 0 bridgehead atoms. The molecule has 0 spiro atoms. The quantitative estimate of drug-likeness (QED) is 0.415. The Morgan fingerprint density at radius 1 is 1.27 bits per heavy atom. The number of hydrogen-bond acceptors (Lipinski definition) is 10. The van der Waals surface area contributed by atoms with Crippen LogP contribution in [-0.2, 0) is 18.0 Å². The van der Waals surface area contributed by atoms with Crippen LogP contribution in [0.25, 0.3) is 32.2 Å². The van der Waals surface area contributed by atoms with E-state index in [1.807, 2.05) is 30.0 Å². The van der Waals surface area contributed by atoms with Gasteiger partial charge in [0.15, 0.2) is 11.6 Å². The van der Waals surface area contributed by atoms with E-state index in [0.717, 1.165) is 23.1 Å². The fourth-order valence-corrected chi connectivity index (χ4v) is 6.27. The number of fused-ring (bicyclic) bond motifs is 4. The molecular formula is C25H23F2N7O2S. The maximum Gasteiger partial charge on any atom is 0.226 e. The molecule has 0 radical (unpaired) electrons. The number of rotatable bonds is 4. The summed E-state index contributed by atoms with van der Waals surface area (Å²) in [6.45, 7) is 1.44. The first kappa shape index (κ1) is 23.9. The van der Waals surface area contributed by atoms with Crippen LogP contribution in [0.5, 0.6) is 0 Å². The Balaban J connectivity index is 1.58. The Bertz CT molecular complexity index is 1630. The molecule has 5 heterocycles. The first-order chi connectivity index (χ1) is 17.8. The van der Waals surface area contributed by atoms with Crippen molar-refractivity contribution in [3.8, 4) is 17.3 Å². The first-order valence-corrected chi connectivity index (χ1v) is 12.5. The number of aliphatic hydroxyl groups excluding tert-OH is 1. The molecule has 9 nitrogen and oxygen atoms in total. The molecule has 4 aromatic rings. The molecule has 1 atom stereocenters. The van der Waals surface area contributed by atoms with Gasteiger partial charge in [0.1, 0.15) is 16.6 Å². The minimum absolute atomic E-state index is 0.0231. The van der Waals surface area contributed by atoms with Crippen LogP contribution in [0, 0.1) is 23.0 Å². The number of nitrogen functional groups attached to an aromatic ring is 1. The number of nitrogens with zero attached hydrogens (tertiary/aromatic N) is 6. The Morgan fingerprint density at radius 3 is 2.76 bits per heavy atom. The summed E-state index contributed by atoms with van der Waals surface area (Å²) in [5, 5.41) is 20.6. The lowest BCUT2D eigenvalue weighted by Gasteiger charge is -2.34. The van der Waals surface area contributed by atoms with E-state index >= 15 is 4.39 Å². The Hall–Kier alpha value is -3.50. The van der Waals surface area contributed by atoms with Crippen LogP contribution in [0.15, 0.2) is 12.4 Å². The predicted octanol–water partition coefficient (Wildman–Crippen LogP) is 3.17. The van der Waals surface area contributed by atoms with Crippen molar-refractivity contribution in [2.24, 2.45) is 0 Å². The van der Waals surface area contributed by atoms with Crippen molar-refractivity contribution in [3.05, 3.63) is 40.7 Å². The van der Waals surface area contributed by atoms with Crippen LogP contribution >= 0.6 is 11.3 Å². The summed E-state index contributed by atoms with van der Waals surface area (Å²) in [5.41, 5.74) is 7.29. The van der Waals surface area contributed by atoms with Gasteiger partial charge in [-0.2, -0.15) is 5.26 Å². The molecule has 37 heavy (non-hydrogen) atoms. The average molecular weight is 524 g/mol. The van der Waals surface area contributed by atoms with E-state index in [1.165, 1.54) is 0 Å². The molecule has 190 valence electrons. The van der Waals surface area contributed by atoms with Crippen molar-refractivity contribution in [1.29, 1.82) is 5.26 Å². The van der Waals surface area contributed by atoms with Crippen molar-refractivity contribution in [2.45, 2.75) is 25.2 Å². The SMILES string of the molecule is CN(C)C1(CO)CCN(c2ncc3c4c(c(-c5ncc(F)c6sc(N)c(C#N)c56)c(F)c3n2)COC4)C1. The normalized spacial score (nSPS) is 19.3. The molecule has 0 aliphatic carbocycles. The Labute approximate surface area is 214 Å². The lowest BCUT2D eigenvalue weighted by atomic mass is 9.94. The van der Waals surface area contributed by atoms with E-state index < -0.39 is 17.2 Å². The average Bonchev–Trinajstić information content (AvgIpc) is 3.62. The number of aromatic nitrogens is 3. The summed E-state index contributed by atoms with van der Waals surface area (Å²) in [7, 11) is 3.83. The zero-order valence-electron chi connectivity index (χ0n) is 20.2. The fourth-order valence-electron chi connectivity index (χ4n) is 5.35. The predicted molar refractivity (Wildman–Crippen MR) is 136 cm³/mol. The third kappa shape index (κ3) is 3.39. The van der Waals surface area contributed by atoms with Gasteiger partial charge in [0.25, 0.3) is 0 Å². The lowest BCUT2D eigenvalue weighted by molar-refractivity contribution is 0.0866. The first-order valence-electron chi connectivity index (χ1n) is 11.7. The minimum atomic E-state index is -0.641. The van der Waals surface area contributed by atoms with E-state index in [2.05, 4.69) is 15.0 Å². The molecule has 1 saturated heterocycles. The third-order valence-corrected chi connectivity index (χ3v) is 8.62. The van der Waals surface area contributed by atoms with Crippen LogP contribution in [0.3, 0.4) is 0 Å². The molecule has 3 N–H and O–H groups in total. The summed E-state index contributed by atoms with van der Waals surface area (Å²) < 4.78 is 36.9. The van der Waals surface area contributed by atoms with Crippen molar-refractivity contribution < 1.29 is 18.6 Å². The van der Waals surface area contributed by atoms with Gasteiger partial charge in [-0.3, -0.25) is 9.88 Å². The van der Waals surface area contributed by atoms with E-state index in [4.69, 9.17) is 10.5 Å². The standard InChI is InChI=1S/C25H23F2N7O2S/c1-33(2)25(11-35)3-4-34(10-25)24-31-6-13-14-8-36-9-15(14)17(19(27)20(13)32-24)21-18-12(5-28)23(29)37-22(18)16(26)7-30-21/h6-7,35H,3-4,8-11,29H2,1-2H3. The monoisotopic (exact) mass is 523 g/mol. The van der Waals surface area contributed by atoms with Gasteiger partial charge in [-0.1, -0.05) is 0 Å². The van der Waals surface area contributed by atoms with Crippen LogP contribution in [0.1, 0.15) is 23.1 Å². The summed E-state index contributed by atoms with van der Waals surface area (Å²) in [4.78, 5) is 17.3. The molecule has 1 unspecified atom stereocenters. The zero-order chi connectivity index (χ0) is 26.1. The zero-order valence-corrected chi connectivity index (χ0v) is 21.0. The number of hydrogen-bond donors (Lipinski definition) is 2. The number of likely N-dealkylation sites (N-methyl/N-ethyl adjacent to an activating group) is 1. The molecule has 1 aromatic carbocycles. The second-order valence-electron chi connectivity index (χ2n) is 9.63. The van der Waals surface area contributed by atoms with Crippen LogP contribution in [0.2, 0.25) is 0 Å². The summed E-state index contributed by atoms with van der Waals surface area (Å²) in [6.07, 6.45) is 3.33. The van der Waals surface area contributed by atoms with E-state index in [-0.39, 0.29) is 57.2 Å². The van der Waals surface area contributed by atoms with Crippen molar-refractivity contribution >= 4 is 43.3 Å². The Morgan fingerprint density at radius 2 is 2.05 bits per heavy atom. The molecule has 2 aliphatic heterocycles. The number of thiophene rings is 1. The minimum Gasteiger partial charge on any atom is -0.394 e. The largest absolute Gasteiger partial charge is 0.394 e. The van der Waals surface area contributed by atoms with Crippen molar-refractivity contribution in [2.75, 3.05) is 44.4 Å². The molecule has 1 fully saturated rings. The van der Waals surface area contributed by atoms with E-state index in [0.29, 0.717) is 36.4 Å². The van der Waals surface area contributed by atoms with Gasteiger partial charge in [0.05, 0.1) is 47.5 Å². The summed E-state index contributed by atoms with van der Waals surface area (Å²) >= 11 is 0.935. The molecular weight excluding hydrogens is 500 g/mol. The molecule has 12 heteroatoms. The van der Waals surface area contributed by atoms with Crippen LogP contribution in [0.4, 0.5) is 19.7 Å². The van der Waals surface area contributed by atoms with Gasteiger partial charge < -0.3 is 20.5 Å². The number of pyridine rings is 1. The molecule has 0 saturated carbocycles. The second-order valence-corrected chi connectivity index (χ2v) is 10.7. The number of anilines is 2. The summed E-state index contributed by atoms with van der Waals surface area (Å²) in [6, 6.07) is 2.02. The van der Waals surface area contributed by atoms with Gasteiger partial charge in [0.2, 0.25) is 5.95 Å². The van der Waals surface area contributed by atoms with Gasteiger partial charge in [-0.15, -0.1) is 11.3 Å². The van der Waals surface area contributed by atoms with Gasteiger partial charge in [0, 0.05) is 35.6 Å². The number of nitriles is 1. The molecule has 6 rings (SSSR count). The van der Waals surface area contributed by atoms with Crippen LogP contribution < -0.4 is 10.6 Å². The maximum absolute atomic E-state index is 16.4. The fraction of sp³-hybridized carbons (Fsp3) is 0.360. The highest BCUT2D eigenvalue weighted by Crippen LogP contribution is 2.45. The van der Waals surface area contributed by atoms with E-state index in [1.54, 1.807) is 6.20 Å². The third-order valence-electron chi connectivity index (χ3n) is 7.59. The molecule has 2 aliphatic rings. The highest BCUT2D eigenvalue weighted by molar-refractivity contribution is 7.23. The van der Waals surface area contributed by atoms with Gasteiger partial charge >= 0.3 is 0 Å². The lowest BCUT2D eigenvalue weighted by Crippen LogP contribution is -2.49. The summed E-state index contributed by atoms with van der Waals surface area (Å²) in [5.74, 6) is -0.918. The smallest absolute Gasteiger partial charge is 0.226 e. The number of halogens is 2. The van der Waals surface area contributed by atoms with E-state index in [9.17, 15) is 14.8 Å². The number of ether oxygens (including phenoxy) is 1. The van der Waals surface area contributed by atoms with Crippen molar-refractivity contribution in [1.82, 2.24) is 19.9 Å². The van der Waals surface area contributed by atoms with Crippen LogP contribution in [-0.4, -0.2) is 64.3 Å². The second kappa shape index (κ2) is 8.53. The van der Waals surface area contributed by atoms with Crippen molar-refractivity contribution in [3.63, 3.8) is 0 Å². The molecule has 0 amide bonds. The van der Waals surface area contributed by atoms with Gasteiger partial charge in [-0.05, 0) is 31.6 Å². The highest BCUT2D eigenvalue weighted by Gasteiger charge is 2.41. The number of aliphatic hydroxyl groups is 1.